The first-order chi connectivity index (χ1) is 48.3. The molecule has 22 N–H and O–H groups in total. The zero-order valence-electron chi connectivity index (χ0n) is 57.9. The molecule has 0 unspecified atom stereocenters. The number of alkyl halides is 1. The summed E-state index contributed by atoms with van der Waals surface area (Å²) >= 11 is 5.62. The molecule has 6 aromatic heterocycles. The number of rotatable bonds is 26. The molecule has 0 fully saturated rings. The van der Waals surface area contributed by atoms with Gasteiger partial charge in [-0.15, -0.1) is 17.1 Å². The number of azide groups is 2. The fourth-order valence-electron chi connectivity index (χ4n) is 7.30. The van der Waals surface area contributed by atoms with E-state index in [9.17, 15) is 28.8 Å². The molecule has 0 saturated heterocycles. The molecule has 610 valence electrons. The van der Waals surface area contributed by atoms with Gasteiger partial charge >= 0.3 is 35.8 Å². The number of carbonyl (C=O) groups is 6. The van der Waals surface area contributed by atoms with Gasteiger partial charge in [0.1, 0.15) is 18.1 Å². The summed E-state index contributed by atoms with van der Waals surface area (Å²) in [5.74, 6) is 5.46. The second-order valence-corrected chi connectivity index (χ2v) is 20.4. The number of ether oxygens (including phenoxy) is 4. The lowest BCUT2D eigenvalue weighted by Crippen LogP contribution is -2.33. The van der Waals surface area contributed by atoms with Gasteiger partial charge in [0.05, 0.1) is 108 Å². The van der Waals surface area contributed by atoms with Crippen LogP contribution in [-0.4, -0.2) is 138 Å². The fourth-order valence-corrected chi connectivity index (χ4v) is 7.45. The molecule has 6 rings (SSSR count). The smallest absolute Gasteiger partial charge is 0.322 e. The number of nitrogens with two attached hydrogens (primary N) is 5. The van der Waals surface area contributed by atoms with E-state index in [4.69, 9.17) is 87.2 Å². The van der Waals surface area contributed by atoms with Crippen molar-refractivity contribution < 1.29 is 73.2 Å². The molecule has 0 aliphatic rings. The number of methoxy groups -OCH3 is 4. The van der Waals surface area contributed by atoms with E-state index in [1.54, 1.807) is 85.2 Å². The van der Waals surface area contributed by atoms with Crippen molar-refractivity contribution in [1.29, 1.82) is 16.3 Å². The van der Waals surface area contributed by atoms with Crippen molar-refractivity contribution in [2.24, 2.45) is 67.3 Å². The van der Waals surface area contributed by atoms with E-state index in [1.165, 1.54) is 40.8 Å². The Balaban J connectivity index is -0.000000113. The van der Waals surface area contributed by atoms with Gasteiger partial charge in [-0.05, 0) is 130 Å². The number of aromatic nitrogens is 6. The highest BCUT2D eigenvalue weighted by Crippen LogP contribution is 2.14. The Labute approximate surface area is 642 Å². The van der Waals surface area contributed by atoms with Gasteiger partial charge in [0.2, 0.25) is 0 Å². The molecule has 109 heavy (non-hydrogen) atoms. The third-order valence-corrected chi connectivity index (χ3v) is 12.8. The highest BCUT2D eigenvalue weighted by Gasteiger charge is 2.18. The van der Waals surface area contributed by atoms with Gasteiger partial charge in [-0.2, -0.15) is 0 Å². The van der Waals surface area contributed by atoms with Gasteiger partial charge in [0.15, 0.2) is 0 Å². The number of carboxylic acids is 2. The molecule has 42 heteroatoms. The van der Waals surface area contributed by atoms with Gasteiger partial charge in [0, 0.05) is 69.2 Å². The number of halogens is 1. The predicted octanol–water partition coefficient (Wildman–Crippen LogP) is 9.56. The predicted molar refractivity (Wildman–Crippen MR) is 412 cm³/mol. The maximum atomic E-state index is 11.2. The second kappa shape index (κ2) is 75.9. The summed E-state index contributed by atoms with van der Waals surface area (Å²) in [5, 5.41) is 67.5. The Morgan fingerprint density at radius 2 is 0.651 bits per heavy atom. The maximum Gasteiger partial charge on any atom is 0.322 e. The van der Waals surface area contributed by atoms with Gasteiger partial charge in [-0.25, -0.2) is 0 Å². The Morgan fingerprint density at radius 1 is 0.440 bits per heavy atom. The first kappa shape index (κ1) is 121. The van der Waals surface area contributed by atoms with Gasteiger partial charge in [-0.3, -0.25) is 58.7 Å². The molecule has 0 spiro atoms. The van der Waals surface area contributed by atoms with Crippen molar-refractivity contribution in [3.63, 3.8) is 0 Å². The van der Waals surface area contributed by atoms with E-state index in [2.05, 4.69) is 91.0 Å². The molecule has 0 amide bonds. The number of nitrogens with one attached hydrogen (secondary N) is 1. The maximum absolute atomic E-state index is 11.2. The molecule has 6 heterocycles. The number of aliphatic carboxylic acids is 2. The van der Waals surface area contributed by atoms with E-state index in [1.807, 2.05) is 38.1 Å². The van der Waals surface area contributed by atoms with Crippen LogP contribution in [0.3, 0.4) is 0 Å². The molecule has 6 atom stereocenters. The monoisotopic (exact) mass is 1560 g/mol. The average molecular weight is 1560 g/mol. The summed E-state index contributed by atoms with van der Waals surface area (Å²) in [4.78, 5) is 96.8. The third kappa shape index (κ3) is 58.1. The number of carbonyl (C=O) groups excluding carboxylic acids is 4. The molecule has 0 aliphatic carbocycles. The molecular weight excluding hydrogens is 1440 g/mol. The van der Waals surface area contributed by atoms with Crippen LogP contribution in [0, 0.1) is 34.1 Å². The topological polar surface area (TPSA) is 748 Å². The van der Waals surface area contributed by atoms with Crippen molar-refractivity contribution in [1.82, 2.24) is 42.2 Å². The number of hydrogen-bond acceptors (Lipinski definition) is 31. The summed E-state index contributed by atoms with van der Waals surface area (Å²) < 4.78 is 18.4. The summed E-state index contributed by atoms with van der Waals surface area (Å²) in [6, 6.07) is 18.8. The Kier molecular flexibility index (Phi) is 84.3. The van der Waals surface area contributed by atoms with Crippen LogP contribution < -0.4 is 41.2 Å². The first-order valence-corrected chi connectivity index (χ1v) is 29.9. The molecule has 0 aromatic carbocycles. The lowest BCUT2D eigenvalue weighted by molar-refractivity contribution is -0.145. The minimum atomic E-state index is -1.04. The molecule has 0 radical (unpaired) electrons. The summed E-state index contributed by atoms with van der Waals surface area (Å²) in [7, 11) is 5.45. The van der Waals surface area contributed by atoms with E-state index < -0.39 is 36.0 Å². The normalized spacial score (nSPS) is 10.5. The van der Waals surface area contributed by atoms with E-state index in [0.717, 1.165) is 39.1 Å². The number of nitrogens with zero attached hydrogens (tertiary/aromatic N) is 18. The van der Waals surface area contributed by atoms with Gasteiger partial charge in [0.25, 0.3) is 0 Å². The number of pyridine rings is 6. The molecule has 41 nitrogen and oxygen atoms in total. The summed E-state index contributed by atoms with van der Waals surface area (Å²) in [6.07, 6.45) is 12.4. The van der Waals surface area contributed by atoms with Crippen molar-refractivity contribution in [3.05, 3.63) is 209 Å². The molecule has 0 aliphatic heterocycles. The minimum absolute atomic E-state index is 0. The van der Waals surface area contributed by atoms with Crippen LogP contribution in [0.1, 0.15) is 133 Å². The molecule has 0 bridgehead atoms. The highest BCUT2D eigenvalue weighted by atomic mass is 35.5. The van der Waals surface area contributed by atoms with Crippen molar-refractivity contribution in [2.45, 2.75) is 161 Å². The first-order valence-electron chi connectivity index (χ1n) is 29.4. The number of hydrogen-bond donors (Lipinski definition) is 13. The van der Waals surface area contributed by atoms with Gasteiger partial charge in [-0.1, -0.05) is 122 Å². The van der Waals surface area contributed by atoms with E-state index >= 15 is 0 Å². The van der Waals surface area contributed by atoms with Gasteiger partial charge < -0.3 is 85.7 Å². The van der Waals surface area contributed by atoms with E-state index in [0.29, 0.717) is 60.0 Å². The highest BCUT2D eigenvalue weighted by molar-refractivity contribution is 6.16. The van der Waals surface area contributed by atoms with E-state index in [-0.39, 0.29) is 138 Å². The molecule has 6 aromatic rings. The quantitative estimate of drug-likeness (QED) is 0.00276. The number of carboxylic acid groups (broad SMARTS) is 2. The van der Waals surface area contributed by atoms with Crippen molar-refractivity contribution >= 4 is 47.4 Å². The largest absolute Gasteiger partial charge is 0.480 e. The average Bonchev–Trinajstić information content (AvgIpc) is 0.934. The Bertz CT molecular complexity index is 3340. The van der Waals surface area contributed by atoms with Crippen LogP contribution in [-0.2, 0) is 125 Å². The SMILES string of the molecule is C.C.C.C.C.C.COC(=O)[C@@H](C)Cc1ccc(CCl)nc1.COC(=O)[C@@H](C)Cc1ccc(CN=[N+]=[N-])nc1.COC(=O)[C@@H](C)Cc1ccc(CO)nc1.COC(=O)[C@@H](N)Cc1ccc(CO)nc1.N.N.N#N.N/N=N/N.N[C@@H](Cc1ccc(CO)nc1)C(=O)O.[N-]=[N+]=N.[N-]=[N+]=NCc1ccc(C[C@H](N)C(=O)O)cn1. The van der Waals surface area contributed by atoms with Crippen LogP contribution in [0.25, 0.3) is 31.3 Å². The standard InChI is InChI=1S/C11H14ClNO2.C11H14N4O2.C11H15NO3.C10H14N2O3.C9H11N5O2.C9H12N2O3.6CH4.H4N4.HN3.N2.2H3N/c1-8(11(14)15-2)5-9-3-4-10(6-12)13-7-9;1-8(11(16)17-2)5-9-3-4-10(13-6-9)7-14-15-12;1-8(11(14)15-2)5-9-3-4-10(7-13)12-6-9;1-15-10(14)9(11)4-7-2-3-8(6-13)12-5-7;10-8(9(15)16)3-6-1-2-7(12-4-6)5-13-14-11;10-8(9(13)14)3-6-1-2-7(5-12)11-4-6;;;;;;;1-3-4-2;1-3-2;1-2;;/h3-4,7-8H,5-6H2,1-2H3;3-4,6,8H,5,7H2,1-2H3;3-4,6,8,13H,5,7H2,1-2H3;2-3,5,9,13H,4,6,11H2,1H3;1-2,4,8H,3,5,10H2,(H,15,16);1-2,4,8,12H,3,5,10H2,(H,13,14);6*1H4;(H2,1,4)(H2,2,3);1H;;2*1H3/t3*8-;9-;2*8-;;;;;;;;;;;/m000000.........../s1. The van der Waals surface area contributed by atoms with Crippen molar-refractivity contribution in [2.75, 3.05) is 28.4 Å². The van der Waals surface area contributed by atoms with Crippen LogP contribution >= 0.6 is 11.6 Å². The fraction of sp³-hybridized carbons (Fsp3) is 0.463. The number of esters is 4. The second-order valence-electron chi connectivity index (χ2n) is 20.2. The summed E-state index contributed by atoms with van der Waals surface area (Å²) in [6.45, 7) is 5.60. The number of aliphatic hydroxyl groups excluding tert-OH is 3. The lowest BCUT2D eigenvalue weighted by atomic mass is 10.0. The minimum Gasteiger partial charge on any atom is -0.480 e. The van der Waals surface area contributed by atoms with Crippen LogP contribution in [0.2, 0.25) is 0 Å². The Hall–Kier alpha value is -11.8. The summed E-state index contributed by atoms with van der Waals surface area (Å²) in [5.41, 5.74) is 54.0. The lowest BCUT2D eigenvalue weighted by Gasteiger charge is -2.08. The molecule has 0 saturated carbocycles. The molecular formula is C67H115ClN26O15. The number of aliphatic hydroxyl groups is 3. The zero-order chi connectivity index (χ0) is 77.1. The van der Waals surface area contributed by atoms with Crippen LogP contribution in [0.5, 0.6) is 0 Å². The van der Waals surface area contributed by atoms with Crippen LogP contribution in [0.15, 0.2) is 131 Å². The Morgan fingerprint density at radius 3 is 0.826 bits per heavy atom. The zero-order valence-corrected chi connectivity index (χ0v) is 58.6. The van der Waals surface area contributed by atoms with Crippen molar-refractivity contribution in [3.8, 4) is 0 Å². The third-order valence-electron chi connectivity index (χ3n) is 12.5. The van der Waals surface area contributed by atoms with Crippen LogP contribution in [0.4, 0.5) is 0 Å².